The Morgan fingerprint density at radius 3 is 3.11 bits per heavy atom. The van der Waals surface area contributed by atoms with Crippen LogP contribution in [0.5, 0.6) is 0 Å². The van der Waals surface area contributed by atoms with E-state index in [-0.39, 0.29) is 5.91 Å². The van der Waals surface area contributed by atoms with E-state index in [1.54, 1.807) is 6.20 Å². The molecule has 3 rings (SSSR count). The molecule has 2 atom stereocenters. The van der Waals surface area contributed by atoms with Gasteiger partial charge in [-0.05, 0) is 30.5 Å². The zero-order chi connectivity index (χ0) is 12.7. The van der Waals surface area contributed by atoms with Gasteiger partial charge in [-0.2, -0.15) is 0 Å². The lowest BCUT2D eigenvalue weighted by Gasteiger charge is -2.03. The average Bonchev–Trinajstić information content (AvgIpc) is 2.97. The second kappa shape index (κ2) is 4.05. The lowest BCUT2D eigenvalue weighted by molar-refractivity contribution is 0.0950. The molecule has 0 spiro atoms. The predicted molar refractivity (Wildman–Crippen MR) is 72.4 cm³/mol. The van der Waals surface area contributed by atoms with Crippen LogP contribution in [0.1, 0.15) is 30.1 Å². The van der Waals surface area contributed by atoms with Gasteiger partial charge in [-0.3, -0.25) is 4.79 Å². The molecule has 18 heavy (non-hydrogen) atoms. The summed E-state index contributed by atoms with van der Waals surface area (Å²) in [4.78, 5) is 15.2. The van der Waals surface area contributed by atoms with E-state index >= 15 is 0 Å². The minimum absolute atomic E-state index is 0.00646. The molecule has 0 bridgehead atoms. The van der Waals surface area contributed by atoms with Gasteiger partial charge in [0.2, 0.25) is 0 Å². The third-order valence-corrected chi connectivity index (χ3v) is 3.71. The van der Waals surface area contributed by atoms with Crippen molar-refractivity contribution in [1.82, 2.24) is 10.3 Å². The smallest absolute Gasteiger partial charge is 0.253 e. The first-order valence-corrected chi connectivity index (χ1v) is 6.36. The minimum atomic E-state index is 0.00646. The van der Waals surface area contributed by atoms with Crippen molar-refractivity contribution in [3.63, 3.8) is 0 Å². The molecule has 1 aromatic carbocycles. The highest BCUT2D eigenvalue weighted by molar-refractivity contribution is 6.07. The van der Waals surface area contributed by atoms with E-state index in [0.717, 1.165) is 23.7 Å². The molecule has 1 aliphatic rings. The maximum atomic E-state index is 12.2. The van der Waals surface area contributed by atoms with E-state index in [0.29, 0.717) is 23.2 Å². The van der Waals surface area contributed by atoms with Gasteiger partial charge in [-0.1, -0.05) is 13.3 Å². The predicted octanol–water partition coefficient (Wildman–Crippen LogP) is 2.28. The zero-order valence-electron chi connectivity index (χ0n) is 10.4. The van der Waals surface area contributed by atoms with Gasteiger partial charge in [0.1, 0.15) is 0 Å². The Bertz CT molecular complexity index is 602. The van der Waals surface area contributed by atoms with Crippen LogP contribution in [0.3, 0.4) is 0 Å². The van der Waals surface area contributed by atoms with Gasteiger partial charge < -0.3 is 16.0 Å². The van der Waals surface area contributed by atoms with Crippen LogP contribution in [-0.2, 0) is 0 Å². The summed E-state index contributed by atoms with van der Waals surface area (Å²) in [6.07, 6.45) is 4.00. The molecule has 4 heteroatoms. The number of anilines is 1. The molecule has 1 aromatic heterocycles. The molecule has 0 saturated heterocycles. The van der Waals surface area contributed by atoms with Crippen molar-refractivity contribution < 1.29 is 4.79 Å². The van der Waals surface area contributed by atoms with E-state index in [4.69, 9.17) is 5.73 Å². The van der Waals surface area contributed by atoms with Gasteiger partial charge in [0.05, 0.1) is 5.56 Å². The van der Waals surface area contributed by atoms with Crippen LogP contribution < -0.4 is 11.1 Å². The fraction of sp³-hybridized carbons (Fsp3) is 0.357. The fourth-order valence-electron chi connectivity index (χ4n) is 2.45. The monoisotopic (exact) mass is 243 g/mol. The zero-order valence-corrected chi connectivity index (χ0v) is 10.4. The van der Waals surface area contributed by atoms with Crippen molar-refractivity contribution in [1.29, 1.82) is 0 Å². The lowest BCUT2D eigenvalue weighted by atomic mass is 10.1. The number of nitrogens with two attached hydrogens (primary N) is 1. The number of aromatic amines is 1. The third-order valence-electron chi connectivity index (χ3n) is 3.71. The number of carbonyl (C=O) groups is 1. The molecule has 1 saturated carbocycles. The summed E-state index contributed by atoms with van der Waals surface area (Å²) < 4.78 is 0. The second-order valence-electron chi connectivity index (χ2n) is 4.99. The SMILES string of the molecule is CCC1CC1NC(=O)c1c[nH]c2cc(N)ccc12. The summed E-state index contributed by atoms with van der Waals surface area (Å²) in [5, 5.41) is 4.00. The van der Waals surface area contributed by atoms with Crippen molar-refractivity contribution in [2.75, 3.05) is 5.73 Å². The molecule has 2 aromatic rings. The number of carbonyl (C=O) groups excluding carboxylic acids is 1. The molecule has 0 radical (unpaired) electrons. The number of amides is 1. The number of nitrogens with one attached hydrogen (secondary N) is 2. The summed E-state index contributed by atoms with van der Waals surface area (Å²) in [5.74, 6) is 0.668. The number of aromatic nitrogens is 1. The maximum absolute atomic E-state index is 12.2. The molecular formula is C14H17N3O. The first kappa shape index (κ1) is 11.1. The Labute approximate surface area is 106 Å². The van der Waals surface area contributed by atoms with Gasteiger partial charge >= 0.3 is 0 Å². The van der Waals surface area contributed by atoms with Gasteiger partial charge in [-0.15, -0.1) is 0 Å². The number of nitrogen functional groups attached to an aromatic ring is 1. The van der Waals surface area contributed by atoms with Crippen LogP contribution in [0.4, 0.5) is 5.69 Å². The van der Waals surface area contributed by atoms with Crippen molar-refractivity contribution in [2.24, 2.45) is 5.92 Å². The summed E-state index contributed by atoms with van der Waals surface area (Å²) in [7, 11) is 0. The van der Waals surface area contributed by atoms with Crippen LogP contribution in [-0.4, -0.2) is 16.9 Å². The lowest BCUT2D eigenvalue weighted by Crippen LogP contribution is -2.26. The number of hydrogen-bond donors (Lipinski definition) is 3. The normalized spacial score (nSPS) is 22.1. The molecule has 1 amide bonds. The Hall–Kier alpha value is -1.97. The minimum Gasteiger partial charge on any atom is -0.399 e. The topological polar surface area (TPSA) is 70.9 Å². The van der Waals surface area contributed by atoms with Gasteiger partial charge in [0.25, 0.3) is 5.91 Å². The molecule has 2 unspecified atom stereocenters. The standard InChI is InChI=1S/C14H17N3O/c1-2-8-5-12(8)17-14(18)11-7-16-13-6-9(15)3-4-10(11)13/h3-4,6-8,12,16H,2,5,15H2,1H3,(H,17,18). The molecule has 94 valence electrons. The first-order chi connectivity index (χ1) is 8.69. The van der Waals surface area contributed by atoms with Crippen LogP contribution >= 0.6 is 0 Å². The van der Waals surface area contributed by atoms with E-state index in [1.165, 1.54) is 0 Å². The number of rotatable bonds is 3. The molecule has 1 heterocycles. The van der Waals surface area contributed by atoms with Crippen molar-refractivity contribution >= 4 is 22.5 Å². The van der Waals surface area contributed by atoms with Gasteiger partial charge in [0, 0.05) is 28.8 Å². The Balaban J connectivity index is 1.83. The van der Waals surface area contributed by atoms with Crippen molar-refractivity contribution in [2.45, 2.75) is 25.8 Å². The summed E-state index contributed by atoms with van der Waals surface area (Å²) in [5.41, 5.74) is 8.02. The number of fused-ring (bicyclic) bond motifs is 1. The van der Waals surface area contributed by atoms with Crippen molar-refractivity contribution in [3.8, 4) is 0 Å². The third kappa shape index (κ3) is 1.83. The number of benzene rings is 1. The van der Waals surface area contributed by atoms with Crippen LogP contribution in [0.15, 0.2) is 24.4 Å². The summed E-state index contributed by atoms with van der Waals surface area (Å²) in [6.45, 7) is 2.16. The Morgan fingerprint density at radius 1 is 1.56 bits per heavy atom. The average molecular weight is 243 g/mol. The van der Waals surface area contributed by atoms with Crippen LogP contribution in [0, 0.1) is 5.92 Å². The molecule has 0 aliphatic heterocycles. The highest BCUT2D eigenvalue weighted by Gasteiger charge is 2.36. The van der Waals surface area contributed by atoms with Crippen LogP contribution in [0.2, 0.25) is 0 Å². The van der Waals surface area contributed by atoms with E-state index in [9.17, 15) is 4.79 Å². The first-order valence-electron chi connectivity index (χ1n) is 6.36. The van der Waals surface area contributed by atoms with Crippen molar-refractivity contribution in [3.05, 3.63) is 30.0 Å². The summed E-state index contributed by atoms with van der Waals surface area (Å²) in [6, 6.07) is 5.92. The van der Waals surface area contributed by atoms with E-state index in [1.807, 2.05) is 18.2 Å². The molecule has 4 nitrogen and oxygen atoms in total. The summed E-state index contributed by atoms with van der Waals surface area (Å²) >= 11 is 0. The number of hydrogen-bond acceptors (Lipinski definition) is 2. The number of H-pyrrole nitrogens is 1. The highest BCUT2D eigenvalue weighted by Crippen LogP contribution is 2.33. The van der Waals surface area contributed by atoms with E-state index in [2.05, 4.69) is 17.2 Å². The Kier molecular flexibility index (Phi) is 2.51. The van der Waals surface area contributed by atoms with Gasteiger partial charge in [-0.25, -0.2) is 0 Å². The van der Waals surface area contributed by atoms with Crippen LogP contribution in [0.25, 0.3) is 10.9 Å². The Morgan fingerprint density at radius 2 is 2.39 bits per heavy atom. The largest absolute Gasteiger partial charge is 0.399 e. The molecule has 1 fully saturated rings. The highest BCUT2D eigenvalue weighted by atomic mass is 16.1. The molecule has 4 N–H and O–H groups in total. The quantitative estimate of drug-likeness (QED) is 0.724. The fourth-order valence-corrected chi connectivity index (χ4v) is 2.45. The van der Waals surface area contributed by atoms with Gasteiger partial charge in [0.15, 0.2) is 0 Å². The van der Waals surface area contributed by atoms with E-state index < -0.39 is 0 Å². The molecular weight excluding hydrogens is 226 g/mol. The second-order valence-corrected chi connectivity index (χ2v) is 4.99. The molecule has 1 aliphatic carbocycles. The maximum Gasteiger partial charge on any atom is 0.253 e.